The maximum Gasteiger partial charge on any atom is 0.322 e. The Labute approximate surface area is 109 Å². The topological polar surface area (TPSA) is 56.2 Å². The molecule has 0 saturated carbocycles. The van der Waals surface area contributed by atoms with E-state index in [0.717, 1.165) is 38.1 Å². The van der Waals surface area contributed by atoms with Gasteiger partial charge < -0.3 is 14.6 Å². The third-order valence-electron chi connectivity index (χ3n) is 2.99. The highest BCUT2D eigenvalue weighted by Crippen LogP contribution is 2.03. The number of hydrogen-bond donors (Lipinski definition) is 1. The minimum absolute atomic E-state index is 0.178. The van der Waals surface area contributed by atoms with Crippen molar-refractivity contribution in [1.29, 1.82) is 0 Å². The maximum atomic E-state index is 11.6. The molecule has 1 atom stereocenters. The van der Waals surface area contributed by atoms with E-state index in [1.165, 1.54) is 7.11 Å². The summed E-state index contributed by atoms with van der Waals surface area (Å²) >= 11 is 0. The number of nitrogens with zero attached hydrogens (tertiary/aromatic N) is 2. The Bertz CT molecular complexity index is 363. The summed E-state index contributed by atoms with van der Waals surface area (Å²) in [4.78, 5) is 15.8. The summed E-state index contributed by atoms with van der Waals surface area (Å²) in [5, 5.41) is 3.24. The van der Waals surface area contributed by atoms with Crippen molar-refractivity contribution in [2.75, 3.05) is 13.7 Å². The van der Waals surface area contributed by atoms with E-state index in [2.05, 4.69) is 17.2 Å². The molecule has 1 aromatic heterocycles. The minimum Gasteiger partial charge on any atom is -0.468 e. The number of unbranched alkanes of at least 4 members (excludes halogenated alkanes) is 1. The second-order valence-electron chi connectivity index (χ2n) is 4.38. The van der Waals surface area contributed by atoms with Gasteiger partial charge in [0.2, 0.25) is 0 Å². The zero-order valence-electron chi connectivity index (χ0n) is 11.5. The highest BCUT2D eigenvalue weighted by atomic mass is 16.5. The lowest BCUT2D eigenvalue weighted by molar-refractivity contribution is -0.143. The fraction of sp³-hybridized carbons (Fsp3) is 0.692. The number of methoxy groups -OCH3 is 1. The fourth-order valence-electron chi connectivity index (χ4n) is 1.85. The molecule has 0 radical (unpaired) electrons. The number of carbonyl (C=O) groups excluding carboxylic acids is 1. The predicted octanol–water partition coefficient (Wildman–Crippen LogP) is 1.28. The van der Waals surface area contributed by atoms with Gasteiger partial charge in [0.15, 0.2) is 0 Å². The molecular weight excluding hydrogens is 230 g/mol. The number of aromatic nitrogens is 2. The van der Waals surface area contributed by atoms with Gasteiger partial charge in [-0.15, -0.1) is 0 Å². The molecule has 1 N–H and O–H groups in total. The molecule has 0 fully saturated rings. The number of esters is 1. The summed E-state index contributed by atoms with van der Waals surface area (Å²) in [6, 6.07) is -0.199. The van der Waals surface area contributed by atoms with Crippen LogP contribution in [0.3, 0.4) is 0 Å². The first-order valence-electron chi connectivity index (χ1n) is 6.46. The predicted molar refractivity (Wildman–Crippen MR) is 70.2 cm³/mol. The van der Waals surface area contributed by atoms with E-state index >= 15 is 0 Å². The SMILES string of the molecule is CCCCC(NCCc1nccn1C)C(=O)OC. The van der Waals surface area contributed by atoms with Crippen molar-refractivity contribution in [3.8, 4) is 0 Å². The molecule has 0 spiro atoms. The molecule has 5 heteroatoms. The average Bonchev–Trinajstić information content (AvgIpc) is 2.78. The summed E-state index contributed by atoms with van der Waals surface area (Å²) in [5.41, 5.74) is 0. The third kappa shape index (κ3) is 4.49. The van der Waals surface area contributed by atoms with Crippen LogP contribution in [0, 0.1) is 0 Å². The zero-order chi connectivity index (χ0) is 13.4. The van der Waals surface area contributed by atoms with Gasteiger partial charge in [-0.05, 0) is 6.42 Å². The molecule has 1 unspecified atom stereocenters. The standard InChI is InChI=1S/C13H23N3O2/c1-4-5-6-11(13(17)18-3)14-8-7-12-15-9-10-16(12)2/h9-11,14H,4-8H2,1-3H3. The Kier molecular flexibility index (Phi) is 6.43. The highest BCUT2D eigenvalue weighted by molar-refractivity contribution is 5.75. The lowest BCUT2D eigenvalue weighted by Crippen LogP contribution is -2.38. The Morgan fingerprint density at radius 2 is 2.39 bits per heavy atom. The summed E-state index contributed by atoms with van der Waals surface area (Å²) in [6.45, 7) is 2.84. The summed E-state index contributed by atoms with van der Waals surface area (Å²) in [7, 11) is 3.40. The first-order valence-corrected chi connectivity index (χ1v) is 6.46. The molecule has 102 valence electrons. The van der Waals surface area contributed by atoms with Crippen molar-refractivity contribution >= 4 is 5.97 Å². The number of ether oxygens (including phenoxy) is 1. The van der Waals surface area contributed by atoms with Crippen LogP contribution in [0.15, 0.2) is 12.4 Å². The van der Waals surface area contributed by atoms with Crippen LogP contribution in [0.2, 0.25) is 0 Å². The summed E-state index contributed by atoms with van der Waals surface area (Å²) in [6.07, 6.45) is 7.44. The van der Waals surface area contributed by atoms with E-state index < -0.39 is 0 Å². The van der Waals surface area contributed by atoms with E-state index in [-0.39, 0.29) is 12.0 Å². The first kappa shape index (κ1) is 14.7. The number of nitrogens with one attached hydrogen (secondary N) is 1. The smallest absolute Gasteiger partial charge is 0.322 e. The van der Waals surface area contributed by atoms with E-state index in [4.69, 9.17) is 4.74 Å². The summed E-state index contributed by atoms with van der Waals surface area (Å²) in [5.74, 6) is 0.838. The van der Waals surface area contributed by atoms with Gasteiger partial charge in [-0.25, -0.2) is 4.98 Å². The second-order valence-corrected chi connectivity index (χ2v) is 4.38. The number of aryl methyl sites for hydroxylation is 1. The van der Waals surface area contributed by atoms with E-state index in [1.807, 2.05) is 17.8 Å². The fourth-order valence-corrected chi connectivity index (χ4v) is 1.85. The van der Waals surface area contributed by atoms with Gasteiger partial charge >= 0.3 is 5.97 Å². The third-order valence-corrected chi connectivity index (χ3v) is 2.99. The highest BCUT2D eigenvalue weighted by Gasteiger charge is 2.17. The molecule has 0 saturated heterocycles. The molecule has 0 aliphatic carbocycles. The van der Waals surface area contributed by atoms with Crippen molar-refractivity contribution in [1.82, 2.24) is 14.9 Å². The number of carbonyl (C=O) groups is 1. The number of imidazole rings is 1. The van der Waals surface area contributed by atoms with Crippen LogP contribution in [-0.4, -0.2) is 35.2 Å². The quantitative estimate of drug-likeness (QED) is 0.709. The van der Waals surface area contributed by atoms with Crippen LogP contribution >= 0.6 is 0 Å². The van der Waals surface area contributed by atoms with Crippen molar-refractivity contribution in [2.45, 2.75) is 38.6 Å². The van der Waals surface area contributed by atoms with Crippen LogP contribution in [-0.2, 0) is 23.0 Å². The monoisotopic (exact) mass is 253 g/mol. The maximum absolute atomic E-state index is 11.6. The lowest BCUT2D eigenvalue weighted by atomic mass is 10.1. The molecule has 18 heavy (non-hydrogen) atoms. The molecule has 1 aromatic rings. The van der Waals surface area contributed by atoms with Crippen molar-refractivity contribution < 1.29 is 9.53 Å². The van der Waals surface area contributed by atoms with E-state index in [9.17, 15) is 4.79 Å². The van der Waals surface area contributed by atoms with Gasteiger partial charge in [-0.3, -0.25) is 4.79 Å². The van der Waals surface area contributed by atoms with Gasteiger partial charge in [0.05, 0.1) is 7.11 Å². The van der Waals surface area contributed by atoms with Gasteiger partial charge in [-0.2, -0.15) is 0 Å². The van der Waals surface area contributed by atoms with Crippen molar-refractivity contribution in [3.05, 3.63) is 18.2 Å². The second kappa shape index (κ2) is 7.87. The Morgan fingerprint density at radius 3 is 2.94 bits per heavy atom. The average molecular weight is 253 g/mol. The van der Waals surface area contributed by atoms with Crippen LogP contribution in [0.25, 0.3) is 0 Å². The molecule has 0 amide bonds. The molecular formula is C13H23N3O2. The van der Waals surface area contributed by atoms with Crippen LogP contribution in [0.4, 0.5) is 0 Å². The zero-order valence-corrected chi connectivity index (χ0v) is 11.5. The molecule has 5 nitrogen and oxygen atoms in total. The minimum atomic E-state index is -0.199. The molecule has 0 bridgehead atoms. The molecule has 1 rings (SSSR count). The van der Waals surface area contributed by atoms with E-state index in [0.29, 0.717) is 0 Å². The van der Waals surface area contributed by atoms with Gasteiger partial charge in [0, 0.05) is 32.4 Å². The van der Waals surface area contributed by atoms with Crippen molar-refractivity contribution in [3.63, 3.8) is 0 Å². The molecule has 0 aliphatic rings. The van der Waals surface area contributed by atoms with Crippen molar-refractivity contribution in [2.24, 2.45) is 7.05 Å². The normalized spacial score (nSPS) is 12.4. The number of hydrogen-bond acceptors (Lipinski definition) is 4. The largest absolute Gasteiger partial charge is 0.468 e. The Morgan fingerprint density at radius 1 is 1.61 bits per heavy atom. The van der Waals surface area contributed by atoms with Gasteiger partial charge in [-0.1, -0.05) is 19.8 Å². The first-order chi connectivity index (χ1) is 8.69. The van der Waals surface area contributed by atoms with Gasteiger partial charge in [0.25, 0.3) is 0 Å². The Balaban J connectivity index is 2.37. The van der Waals surface area contributed by atoms with Crippen LogP contribution in [0.1, 0.15) is 32.0 Å². The molecule has 0 aliphatic heterocycles. The Hall–Kier alpha value is -1.36. The molecule has 0 aromatic carbocycles. The van der Waals surface area contributed by atoms with Crippen LogP contribution < -0.4 is 5.32 Å². The molecule has 1 heterocycles. The van der Waals surface area contributed by atoms with Crippen LogP contribution in [0.5, 0.6) is 0 Å². The lowest BCUT2D eigenvalue weighted by Gasteiger charge is -2.15. The van der Waals surface area contributed by atoms with Gasteiger partial charge in [0.1, 0.15) is 11.9 Å². The summed E-state index contributed by atoms with van der Waals surface area (Å²) < 4.78 is 6.79. The van der Waals surface area contributed by atoms with E-state index in [1.54, 1.807) is 6.20 Å². The number of rotatable bonds is 8.